The molecule has 0 saturated heterocycles. The van der Waals surface area contributed by atoms with Crippen LogP contribution in [-0.4, -0.2) is 37.2 Å². The quantitative estimate of drug-likeness (QED) is 0.0201. The predicted molar refractivity (Wildman–Crippen MR) is 260 cm³/mol. The number of allylic oxidation sites excluding steroid dienone is 20. The lowest BCUT2D eigenvalue weighted by Gasteiger charge is -2.18. The number of ether oxygens (including phenoxy) is 3. The topological polar surface area (TPSA) is 78.9 Å². The molecule has 0 aliphatic heterocycles. The van der Waals surface area contributed by atoms with E-state index in [1.807, 2.05) is 60.8 Å². The summed E-state index contributed by atoms with van der Waals surface area (Å²) >= 11 is 0. The van der Waals surface area contributed by atoms with Crippen LogP contribution in [0, 0.1) is 0 Å². The van der Waals surface area contributed by atoms with Gasteiger partial charge in [-0.25, -0.2) is 0 Å². The van der Waals surface area contributed by atoms with Crippen molar-refractivity contribution in [2.45, 2.75) is 194 Å². The third-order valence-electron chi connectivity index (χ3n) is 9.65. The Balaban J connectivity index is 4.53. The van der Waals surface area contributed by atoms with E-state index in [2.05, 4.69) is 81.5 Å². The van der Waals surface area contributed by atoms with Crippen molar-refractivity contribution in [3.05, 3.63) is 122 Å². The van der Waals surface area contributed by atoms with E-state index in [9.17, 15) is 14.4 Å². The molecule has 0 aromatic rings. The highest BCUT2D eigenvalue weighted by Gasteiger charge is 2.19. The Bertz CT molecular complexity index is 1340. The van der Waals surface area contributed by atoms with Crippen molar-refractivity contribution < 1.29 is 28.6 Å². The maximum absolute atomic E-state index is 12.8. The van der Waals surface area contributed by atoms with Gasteiger partial charge in [0.1, 0.15) is 13.2 Å². The average Bonchev–Trinajstić information content (AvgIpc) is 3.26. The molecule has 1 unspecified atom stereocenters. The van der Waals surface area contributed by atoms with Gasteiger partial charge in [0.25, 0.3) is 0 Å². The van der Waals surface area contributed by atoms with Gasteiger partial charge in [0, 0.05) is 19.3 Å². The van der Waals surface area contributed by atoms with Crippen LogP contribution in [0.1, 0.15) is 188 Å². The Kier molecular flexibility index (Phi) is 45.1. The molecule has 0 saturated carbocycles. The first-order valence-corrected chi connectivity index (χ1v) is 24.2. The first-order valence-electron chi connectivity index (χ1n) is 24.2. The summed E-state index contributed by atoms with van der Waals surface area (Å²) in [5.74, 6) is -0.984. The lowest BCUT2D eigenvalue weighted by molar-refractivity contribution is -0.167. The zero-order chi connectivity index (χ0) is 44.4. The number of rotatable bonds is 41. The molecule has 0 bridgehead atoms. The van der Waals surface area contributed by atoms with Crippen LogP contribution in [0.3, 0.4) is 0 Å². The zero-order valence-corrected chi connectivity index (χ0v) is 38.9. The highest BCUT2D eigenvalue weighted by molar-refractivity contribution is 5.71. The van der Waals surface area contributed by atoms with E-state index in [4.69, 9.17) is 14.2 Å². The molecule has 342 valence electrons. The summed E-state index contributed by atoms with van der Waals surface area (Å²) in [6.45, 7) is 6.24. The lowest BCUT2D eigenvalue weighted by atomic mass is 10.1. The van der Waals surface area contributed by atoms with Gasteiger partial charge in [0.15, 0.2) is 6.10 Å². The summed E-state index contributed by atoms with van der Waals surface area (Å²) in [4.78, 5) is 37.9. The molecule has 0 N–H and O–H groups in total. The summed E-state index contributed by atoms with van der Waals surface area (Å²) in [6, 6.07) is 0. The molecule has 0 aromatic heterocycles. The van der Waals surface area contributed by atoms with E-state index in [1.165, 1.54) is 44.9 Å². The van der Waals surface area contributed by atoms with Crippen molar-refractivity contribution in [1.82, 2.24) is 0 Å². The smallest absolute Gasteiger partial charge is 0.306 e. The monoisotopic (exact) mass is 843 g/mol. The van der Waals surface area contributed by atoms with Crippen molar-refractivity contribution >= 4 is 17.9 Å². The number of hydrogen-bond donors (Lipinski definition) is 0. The molecule has 0 radical (unpaired) electrons. The number of carbonyl (C=O) groups excluding carboxylic acids is 3. The highest BCUT2D eigenvalue weighted by Crippen LogP contribution is 2.13. The Hall–Kier alpha value is -4.19. The van der Waals surface area contributed by atoms with Gasteiger partial charge in [-0.05, 0) is 77.0 Å². The van der Waals surface area contributed by atoms with Crippen molar-refractivity contribution in [2.75, 3.05) is 13.2 Å². The molecule has 0 aromatic carbocycles. The molecular weight excluding hydrogens is 757 g/mol. The first kappa shape index (κ1) is 56.8. The SMILES string of the molecule is CC\C=C/C=C\C=C/C=C\C=C\C=C/CCCCCC(=O)OCC(COC(=O)CCCCCCC/C=C\CCCC)OC(=O)CCCCCCCCC\C=C/C=C\C=C/CC. The molecule has 0 fully saturated rings. The second kappa shape index (κ2) is 48.5. The van der Waals surface area contributed by atoms with Crippen LogP contribution in [0.15, 0.2) is 122 Å². The molecule has 0 heterocycles. The fourth-order valence-corrected chi connectivity index (χ4v) is 6.04. The van der Waals surface area contributed by atoms with Gasteiger partial charge >= 0.3 is 17.9 Å². The Labute approximate surface area is 373 Å². The lowest BCUT2D eigenvalue weighted by Crippen LogP contribution is -2.30. The van der Waals surface area contributed by atoms with E-state index in [-0.39, 0.29) is 31.1 Å². The van der Waals surface area contributed by atoms with Crippen LogP contribution < -0.4 is 0 Å². The van der Waals surface area contributed by atoms with Crippen LogP contribution in [0.4, 0.5) is 0 Å². The molecule has 0 amide bonds. The Morgan fingerprint density at radius 1 is 0.344 bits per heavy atom. The largest absolute Gasteiger partial charge is 0.462 e. The summed E-state index contributed by atoms with van der Waals surface area (Å²) in [7, 11) is 0. The summed E-state index contributed by atoms with van der Waals surface area (Å²) in [5, 5.41) is 0. The number of unbranched alkanes of at least 4 members (excludes halogenated alkanes) is 17. The van der Waals surface area contributed by atoms with Gasteiger partial charge in [-0.1, -0.05) is 213 Å². The van der Waals surface area contributed by atoms with Crippen molar-refractivity contribution in [3.63, 3.8) is 0 Å². The minimum atomic E-state index is -0.808. The number of esters is 3. The van der Waals surface area contributed by atoms with Crippen molar-refractivity contribution in [2.24, 2.45) is 0 Å². The molecule has 6 heteroatoms. The predicted octanol–water partition coefficient (Wildman–Crippen LogP) is 15.7. The molecule has 0 aliphatic rings. The molecule has 1 atom stereocenters. The molecule has 0 spiro atoms. The first-order chi connectivity index (χ1) is 30.0. The van der Waals surface area contributed by atoms with Crippen LogP contribution >= 0.6 is 0 Å². The summed E-state index contributed by atoms with van der Waals surface area (Å²) < 4.78 is 16.7. The minimum absolute atomic E-state index is 0.106. The van der Waals surface area contributed by atoms with E-state index < -0.39 is 6.10 Å². The van der Waals surface area contributed by atoms with Gasteiger partial charge < -0.3 is 14.2 Å². The van der Waals surface area contributed by atoms with Crippen molar-refractivity contribution in [3.8, 4) is 0 Å². The number of hydrogen-bond acceptors (Lipinski definition) is 6. The average molecular weight is 843 g/mol. The molecule has 6 nitrogen and oxygen atoms in total. The number of carbonyl (C=O) groups is 3. The fourth-order valence-electron chi connectivity index (χ4n) is 6.04. The second-order valence-corrected chi connectivity index (χ2v) is 15.5. The maximum atomic E-state index is 12.8. The normalized spacial score (nSPS) is 13.2. The van der Waals surface area contributed by atoms with E-state index in [1.54, 1.807) is 0 Å². The van der Waals surface area contributed by atoms with Gasteiger partial charge in [-0.2, -0.15) is 0 Å². The highest BCUT2D eigenvalue weighted by atomic mass is 16.6. The van der Waals surface area contributed by atoms with E-state index in [0.717, 1.165) is 103 Å². The van der Waals surface area contributed by atoms with Crippen LogP contribution in [0.2, 0.25) is 0 Å². The van der Waals surface area contributed by atoms with Gasteiger partial charge in [-0.15, -0.1) is 0 Å². The van der Waals surface area contributed by atoms with Gasteiger partial charge in [0.2, 0.25) is 0 Å². The fraction of sp³-hybridized carbons (Fsp3) is 0.582. The molecule has 0 rings (SSSR count). The van der Waals surface area contributed by atoms with E-state index in [0.29, 0.717) is 19.3 Å². The maximum Gasteiger partial charge on any atom is 0.306 e. The van der Waals surface area contributed by atoms with Crippen LogP contribution in [0.5, 0.6) is 0 Å². The molecular formula is C55H86O6. The minimum Gasteiger partial charge on any atom is -0.462 e. The third-order valence-corrected chi connectivity index (χ3v) is 9.65. The Morgan fingerprint density at radius 2 is 0.656 bits per heavy atom. The van der Waals surface area contributed by atoms with Gasteiger partial charge in [0.05, 0.1) is 0 Å². The third kappa shape index (κ3) is 46.7. The van der Waals surface area contributed by atoms with Gasteiger partial charge in [-0.3, -0.25) is 14.4 Å². The van der Waals surface area contributed by atoms with Crippen molar-refractivity contribution in [1.29, 1.82) is 0 Å². The van der Waals surface area contributed by atoms with Crippen LogP contribution in [0.25, 0.3) is 0 Å². The Morgan fingerprint density at radius 3 is 1.07 bits per heavy atom. The standard InChI is InChI=1S/C55H86O6/c1-4-7-10-13-16-19-22-24-26-27-29-30-33-36-39-42-45-48-54(57)60-51-52(50-59-53(56)47-44-41-38-35-32-21-18-15-12-9-6-3)61-55(58)49-46-43-40-37-34-31-28-25-23-20-17-14-11-8-5-2/h7-8,10-11,13-20,22-24,26-27,29-30,33,52H,4-6,9,12,21,25,28,31-32,34-51H2,1-3H3/b10-7-,11-8-,16-13-,17-14-,18-15-,22-19-,23-20-,26-24-,29-27+,33-30-. The summed E-state index contributed by atoms with van der Waals surface area (Å²) in [5.41, 5.74) is 0. The van der Waals surface area contributed by atoms with Crippen LogP contribution in [-0.2, 0) is 28.6 Å². The second-order valence-electron chi connectivity index (χ2n) is 15.5. The molecule has 0 aliphatic carbocycles. The molecule has 61 heavy (non-hydrogen) atoms. The van der Waals surface area contributed by atoms with E-state index >= 15 is 0 Å². The summed E-state index contributed by atoms with van der Waals surface area (Å²) in [6.07, 6.45) is 66.0. The zero-order valence-electron chi connectivity index (χ0n) is 38.9.